The zero-order valence-electron chi connectivity index (χ0n) is 23.4. The van der Waals surface area contributed by atoms with Crippen molar-refractivity contribution in [1.29, 1.82) is 0 Å². The van der Waals surface area contributed by atoms with Gasteiger partial charge in [-0.3, -0.25) is 9.59 Å². The number of ether oxygens (including phenoxy) is 2. The molecule has 0 spiro atoms. The summed E-state index contributed by atoms with van der Waals surface area (Å²) in [6.07, 6.45) is -0.584. The van der Waals surface area contributed by atoms with E-state index >= 15 is 0 Å². The Bertz CT molecular complexity index is 1240. The first-order chi connectivity index (χ1) is 19.3. The van der Waals surface area contributed by atoms with Gasteiger partial charge in [-0.2, -0.15) is 13.2 Å². The Morgan fingerprint density at radius 3 is 2.15 bits per heavy atom. The van der Waals surface area contributed by atoms with Crippen LogP contribution in [0.3, 0.4) is 0 Å². The van der Waals surface area contributed by atoms with E-state index in [-0.39, 0.29) is 36.8 Å². The first-order valence-corrected chi connectivity index (χ1v) is 14.1. The summed E-state index contributed by atoms with van der Waals surface area (Å²) in [4.78, 5) is 27.9. The van der Waals surface area contributed by atoms with E-state index in [0.29, 0.717) is 35.1 Å². The second-order valence-electron chi connectivity index (χ2n) is 11.1. The van der Waals surface area contributed by atoms with Crippen molar-refractivity contribution in [2.75, 3.05) is 34.3 Å². The number of halogens is 4. The molecule has 4 rings (SSSR count). The van der Waals surface area contributed by atoms with Crippen LogP contribution in [-0.2, 0) is 10.4 Å². The van der Waals surface area contributed by atoms with Gasteiger partial charge in [0.15, 0.2) is 0 Å². The zero-order chi connectivity index (χ0) is 29.9. The van der Waals surface area contributed by atoms with Crippen molar-refractivity contribution in [3.63, 3.8) is 0 Å². The van der Waals surface area contributed by atoms with Gasteiger partial charge in [-0.05, 0) is 80.7 Å². The van der Waals surface area contributed by atoms with Crippen LogP contribution in [0.1, 0.15) is 54.4 Å². The van der Waals surface area contributed by atoms with Crippen LogP contribution in [0.15, 0.2) is 42.5 Å². The SMILES string of the molecule is COc1cccc(C(O)(C(=O)N2CCC([C@H]3CC[C@@H](Oc4ccc(C(=O)N(C)C)c(Cl)c4)CC3)CC2)C(F)(F)F)c1. The monoisotopic (exact) mass is 596 g/mol. The van der Waals surface area contributed by atoms with Crippen LogP contribution in [0.4, 0.5) is 13.2 Å². The van der Waals surface area contributed by atoms with E-state index in [1.165, 1.54) is 24.1 Å². The number of piperidine rings is 1. The van der Waals surface area contributed by atoms with E-state index in [1.807, 2.05) is 0 Å². The number of methoxy groups -OCH3 is 1. The number of carbonyl (C=O) groups excluding carboxylic acids is 2. The standard InChI is InChI=1S/C30H36ClF3N2O5/c1-35(2)27(37)25-12-11-24(18-26(25)31)41-22-9-7-19(8-10-22)20-13-15-36(16-14-20)28(38)29(39,30(32,33)34)21-5-4-6-23(17-21)40-3/h4-6,11-12,17-20,22,39H,7-10,13-16H2,1-3H3/t19-,22+,29?. The fourth-order valence-corrected chi connectivity index (χ4v) is 6.16. The normalized spacial score (nSPS) is 21.6. The van der Waals surface area contributed by atoms with Gasteiger partial charge in [0.1, 0.15) is 11.5 Å². The van der Waals surface area contributed by atoms with E-state index < -0.39 is 23.2 Å². The van der Waals surface area contributed by atoms with Gasteiger partial charge in [0.25, 0.3) is 17.4 Å². The molecule has 7 nitrogen and oxygen atoms in total. The van der Waals surface area contributed by atoms with E-state index in [0.717, 1.165) is 42.7 Å². The minimum atomic E-state index is -5.20. The van der Waals surface area contributed by atoms with Crippen LogP contribution < -0.4 is 9.47 Å². The number of aliphatic hydroxyl groups is 1. The maximum absolute atomic E-state index is 14.1. The molecule has 2 fully saturated rings. The fraction of sp³-hybridized carbons (Fsp3) is 0.533. The zero-order valence-corrected chi connectivity index (χ0v) is 24.2. The number of alkyl halides is 3. The molecule has 11 heteroatoms. The molecule has 1 N–H and O–H groups in total. The highest BCUT2D eigenvalue weighted by Gasteiger charge is 2.62. The average molecular weight is 597 g/mol. The van der Waals surface area contributed by atoms with Crippen LogP contribution >= 0.6 is 11.6 Å². The lowest BCUT2D eigenvalue weighted by atomic mass is 9.75. The second-order valence-corrected chi connectivity index (χ2v) is 11.5. The van der Waals surface area contributed by atoms with Crippen LogP contribution in [0.25, 0.3) is 0 Å². The molecule has 1 aliphatic carbocycles. The summed E-state index contributed by atoms with van der Waals surface area (Å²) >= 11 is 6.31. The van der Waals surface area contributed by atoms with Crippen molar-refractivity contribution in [2.45, 2.75) is 56.4 Å². The first kappa shape index (κ1) is 31.0. The van der Waals surface area contributed by atoms with Gasteiger partial charge in [-0.15, -0.1) is 0 Å². The van der Waals surface area contributed by atoms with Crippen LogP contribution in [0.5, 0.6) is 11.5 Å². The van der Waals surface area contributed by atoms with Crippen molar-refractivity contribution in [3.8, 4) is 11.5 Å². The molecule has 1 atom stereocenters. The molecule has 2 aromatic carbocycles. The lowest BCUT2D eigenvalue weighted by Gasteiger charge is -2.41. The Morgan fingerprint density at radius 2 is 1.59 bits per heavy atom. The molecule has 0 radical (unpaired) electrons. The summed E-state index contributed by atoms with van der Waals surface area (Å²) in [5, 5.41) is 11.1. The summed E-state index contributed by atoms with van der Waals surface area (Å²) in [5.41, 5.74) is -3.80. The maximum atomic E-state index is 14.1. The van der Waals surface area contributed by atoms with Gasteiger partial charge < -0.3 is 24.4 Å². The Morgan fingerprint density at radius 1 is 0.951 bits per heavy atom. The molecule has 2 aromatic rings. The van der Waals surface area contributed by atoms with E-state index in [4.69, 9.17) is 21.1 Å². The van der Waals surface area contributed by atoms with Gasteiger partial charge in [-0.25, -0.2) is 0 Å². The molecule has 1 heterocycles. The smallest absolute Gasteiger partial charge is 0.430 e. The Balaban J connectivity index is 1.32. The molecule has 1 saturated carbocycles. The van der Waals surface area contributed by atoms with Gasteiger partial charge >= 0.3 is 6.18 Å². The van der Waals surface area contributed by atoms with Gasteiger partial charge in [0.2, 0.25) is 0 Å². The van der Waals surface area contributed by atoms with Crippen LogP contribution in [-0.4, -0.2) is 73.3 Å². The molecule has 2 aliphatic rings. The summed E-state index contributed by atoms with van der Waals surface area (Å²) in [6.45, 7) is 0.303. The minimum Gasteiger partial charge on any atom is -0.497 e. The quantitative estimate of drug-likeness (QED) is 0.445. The van der Waals surface area contributed by atoms with Crippen molar-refractivity contribution in [1.82, 2.24) is 9.80 Å². The Labute approximate surface area is 243 Å². The van der Waals surface area contributed by atoms with E-state index in [9.17, 15) is 27.9 Å². The summed E-state index contributed by atoms with van der Waals surface area (Å²) < 4.78 is 53.5. The minimum absolute atomic E-state index is 0.00374. The third kappa shape index (κ3) is 6.59. The molecular formula is C30H36ClF3N2O5. The highest BCUT2D eigenvalue weighted by molar-refractivity contribution is 6.34. The average Bonchev–Trinajstić information content (AvgIpc) is 2.96. The summed E-state index contributed by atoms with van der Waals surface area (Å²) in [7, 11) is 4.63. The molecule has 1 saturated heterocycles. The van der Waals surface area contributed by atoms with Gasteiger partial charge in [0.05, 0.1) is 23.8 Å². The number of amides is 2. The second kappa shape index (κ2) is 12.5. The number of benzene rings is 2. The third-order valence-corrected chi connectivity index (χ3v) is 8.61. The number of hydrogen-bond acceptors (Lipinski definition) is 5. The highest BCUT2D eigenvalue weighted by Crippen LogP contribution is 2.43. The van der Waals surface area contributed by atoms with E-state index in [2.05, 4.69) is 0 Å². The lowest BCUT2D eigenvalue weighted by molar-refractivity contribution is -0.262. The molecule has 1 aliphatic heterocycles. The number of nitrogens with zero attached hydrogens (tertiary/aromatic N) is 2. The molecule has 224 valence electrons. The highest BCUT2D eigenvalue weighted by atomic mass is 35.5. The number of carbonyl (C=O) groups is 2. The molecule has 2 amide bonds. The predicted molar refractivity (Wildman–Crippen MR) is 148 cm³/mol. The third-order valence-electron chi connectivity index (χ3n) is 8.30. The summed E-state index contributed by atoms with van der Waals surface area (Å²) in [5.74, 6) is -0.147. The topological polar surface area (TPSA) is 79.3 Å². The largest absolute Gasteiger partial charge is 0.497 e. The van der Waals surface area contributed by atoms with Crippen LogP contribution in [0.2, 0.25) is 5.02 Å². The molecule has 1 unspecified atom stereocenters. The first-order valence-electron chi connectivity index (χ1n) is 13.8. The fourth-order valence-electron chi connectivity index (χ4n) is 5.91. The number of likely N-dealkylation sites (tertiary alicyclic amines) is 1. The molecule has 0 bridgehead atoms. The molecular weight excluding hydrogens is 561 g/mol. The lowest BCUT2D eigenvalue weighted by Crippen LogP contribution is -2.57. The predicted octanol–water partition coefficient (Wildman–Crippen LogP) is 5.68. The summed E-state index contributed by atoms with van der Waals surface area (Å²) in [6, 6.07) is 9.97. The van der Waals surface area contributed by atoms with E-state index in [1.54, 1.807) is 32.3 Å². The number of hydrogen-bond donors (Lipinski definition) is 1. The van der Waals surface area contributed by atoms with Gasteiger partial charge in [-0.1, -0.05) is 23.7 Å². The van der Waals surface area contributed by atoms with Crippen molar-refractivity contribution < 1.29 is 37.3 Å². The molecule has 41 heavy (non-hydrogen) atoms. The van der Waals surface area contributed by atoms with Crippen molar-refractivity contribution in [2.24, 2.45) is 11.8 Å². The Kier molecular flexibility index (Phi) is 9.43. The van der Waals surface area contributed by atoms with Gasteiger partial charge in [0, 0.05) is 32.7 Å². The van der Waals surface area contributed by atoms with Crippen LogP contribution in [0, 0.1) is 11.8 Å². The number of rotatable bonds is 7. The maximum Gasteiger partial charge on any atom is 0.430 e. The molecule has 0 aromatic heterocycles. The van der Waals surface area contributed by atoms with Crippen molar-refractivity contribution in [3.05, 3.63) is 58.6 Å². The Hall–Kier alpha value is -2.98. The van der Waals surface area contributed by atoms with Crippen molar-refractivity contribution >= 4 is 23.4 Å².